The summed E-state index contributed by atoms with van der Waals surface area (Å²) in [6.07, 6.45) is 3.28. The number of nitrogens with one attached hydrogen (secondary N) is 1. The first-order chi connectivity index (χ1) is 7.70. The predicted octanol–water partition coefficient (Wildman–Crippen LogP) is 2.90. The minimum Gasteiger partial charge on any atom is -0.472 e. The third kappa shape index (κ3) is 2.05. The van der Waals surface area contributed by atoms with Crippen LogP contribution in [0.4, 0.5) is 5.82 Å². The minimum absolute atomic E-state index is 0.376. The van der Waals surface area contributed by atoms with Gasteiger partial charge in [-0.3, -0.25) is 0 Å². The van der Waals surface area contributed by atoms with Gasteiger partial charge in [-0.2, -0.15) is 0 Å². The predicted molar refractivity (Wildman–Crippen MR) is 63.4 cm³/mol. The SMILES string of the molecule is CNc1cc(C(C)C)nc(-c2ccoc2)n1. The maximum absolute atomic E-state index is 5.04. The second-order valence-electron chi connectivity index (χ2n) is 3.92. The highest BCUT2D eigenvalue weighted by molar-refractivity contribution is 5.56. The molecule has 2 heterocycles. The van der Waals surface area contributed by atoms with Crippen molar-refractivity contribution in [1.29, 1.82) is 0 Å². The molecule has 84 valence electrons. The Morgan fingerprint density at radius 2 is 2.12 bits per heavy atom. The summed E-state index contributed by atoms with van der Waals surface area (Å²) < 4.78 is 5.04. The molecule has 0 saturated heterocycles. The summed E-state index contributed by atoms with van der Waals surface area (Å²) in [6.45, 7) is 4.22. The molecule has 0 aromatic carbocycles. The smallest absolute Gasteiger partial charge is 0.165 e. The summed E-state index contributed by atoms with van der Waals surface area (Å²) in [6, 6.07) is 3.83. The highest BCUT2D eigenvalue weighted by Gasteiger charge is 2.09. The van der Waals surface area contributed by atoms with E-state index in [2.05, 4.69) is 29.1 Å². The average molecular weight is 217 g/mol. The summed E-state index contributed by atoms with van der Waals surface area (Å²) in [4.78, 5) is 8.91. The standard InChI is InChI=1S/C12H15N3O/c1-8(2)10-6-11(13-3)15-12(14-10)9-4-5-16-7-9/h4-8H,1-3H3,(H,13,14,15). The maximum atomic E-state index is 5.04. The van der Waals surface area contributed by atoms with Crippen molar-refractivity contribution >= 4 is 5.82 Å². The Bertz CT molecular complexity index is 463. The lowest BCUT2D eigenvalue weighted by Gasteiger charge is -2.08. The van der Waals surface area contributed by atoms with E-state index in [4.69, 9.17) is 4.42 Å². The van der Waals surface area contributed by atoms with E-state index < -0.39 is 0 Å². The number of anilines is 1. The van der Waals surface area contributed by atoms with Gasteiger partial charge in [0.1, 0.15) is 12.1 Å². The van der Waals surface area contributed by atoms with Crippen LogP contribution in [-0.2, 0) is 0 Å². The summed E-state index contributed by atoms with van der Waals surface area (Å²) in [7, 11) is 1.85. The molecule has 0 bridgehead atoms. The highest BCUT2D eigenvalue weighted by Crippen LogP contribution is 2.21. The summed E-state index contributed by atoms with van der Waals surface area (Å²) in [5.74, 6) is 1.90. The fourth-order valence-electron chi connectivity index (χ4n) is 1.41. The molecule has 16 heavy (non-hydrogen) atoms. The van der Waals surface area contributed by atoms with Crippen LogP contribution in [-0.4, -0.2) is 17.0 Å². The lowest BCUT2D eigenvalue weighted by molar-refractivity contribution is 0.568. The van der Waals surface area contributed by atoms with E-state index in [1.807, 2.05) is 19.2 Å². The Kier molecular flexibility index (Phi) is 2.90. The maximum Gasteiger partial charge on any atom is 0.165 e. The van der Waals surface area contributed by atoms with E-state index >= 15 is 0 Å². The number of hydrogen-bond acceptors (Lipinski definition) is 4. The molecule has 2 rings (SSSR count). The highest BCUT2D eigenvalue weighted by atomic mass is 16.3. The van der Waals surface area contributed by atoms with Gasteiger partial charge in [0.05, 0.1) is 11.8 Å². The van der Waals surface area contributed by atoms with Gasteiger partial charge in [0.15, 0.2) is 5.82 Å². The van der Waals surface area contributed by atoms with Crippen LogP contribution >= 0.6 is 0 Å². The number of hydrogen-bond donors (Lipinski definition) is 1. The summed E-state index contributed by atoms with van der Waals surface area (Å²) >= 11 is 0. The monoisotopic (exact) mass is 217 g/mol. The van der Waals surface area contributed by atoms with Crippen LogP contribution in [0.3, 0.4) is 0 Å². The van der Waals surface area contributed by atoms with E-state index in [1.165, 1.54) is 0 Å². The number of furan rings is 1. The van der Waals surface area contributed by atoms with Crippen LogP contribution in [0.15, 0.2) is 29.1 Å². The molecule has 0 amide bonds. The molecule has 0 spiro atoms. The van der Waals surface area contributed by atoms with Gasteiger partial charge in [-0.15, -0.1) is 0 Å². The van der Waals surface area contributed by atoms with Gasteiger partial charge in [0, 0.05) is 18.8 Å². The first-order valence-corrected chi connectivity index (χ1v) is 5.30. The largest absolute Gasteiger partial charge is 0.472 e. The molecule has 4 nitrogen and oxygen atoms in total. The Morgan fingerprint density at radius 1 is 1.31 bits per heavy atom. The summed E-state index contributed by atoms with van der Waals surface area (Å²) in [5, 5.41) is 3.04. The first-order valence-electron chi connectivity index (χ1n) is 5.30. The zero-order valence-corrected chi connectivity index (χ0v) is 9.69. The van der Waals surface area contributed by atoms with Crippen LogP contribution in [0.2, 0.25) is 0 Å². The van der Waals surface area contributed by atoms with E-state index in [9.17, 15) is 0 Å². The van der Waals surface area contributed by atoms with E-state index in [0.717, 1.165) is 17.1 Å². The third-order valence-electron chi connectivity index (χ3n) is 2.37. The van der Waals surface area contributed by atoms with Gasteiger partial charge in [0.2, 0.25) is 0 Å². The van der Waals surface area contributed by atoms with E-state index in [1.54, 1.807) is 12.5 Å². The van der Waals surface area contributed by atoms with Crippen molar-refractivity contribution in [3.8, 4) is 11.4 Å². The third-order valence-corrected chi connectivity index (χ3v) is 2.37. The minimum atomic E-state index is 0.376. The topological polar surface area (TPSA) is 51.0 Å². The summed E-state index contributed by atoms with van der Waals surface area (Å²) in [5.41, 5.74) is 1.93. The van der Waals surface area contributed by atoms with Gasteiger partial charge in [0.25, 0.3) is 0 Å². The van der Waals surface area contributed by atoms with E-state index in [0.29, 0.717) is 11.7 Å². The Labute approximate surface area is 94.7 Å². The first kappa shape index (κ1) is 10.7. The molecule has 2 aromatic heterocycles. The molecule has 0 saturated carbocycles. The Morgan fingerprint density at radius 3 is 2.69 bits per heavy atom. The number of nitrogens with zero attached hydrogens (tertiary/aromatic N) is 2. The lowest BCUT2D eigenvalue weighted by Crippen LogP contribution is -2.01. The van der Waals surface area contributed by atoms with E-state index in [-0.39, 0.29) is 0 Å². The van der Waals surface area contributed by atoms with Crippen LogP contribution in [0.5, 0.6) is 0 Å². The van der Waals surface area contributed by atoms with Crippen molar-refractivity contribution in [2.24, 2.45) is 0 Å². The molecule has 0 aliphatic rings. The molecule has 1 N–H and O–H groups in total. The van der Waals surface area contributed by atoms with Gasteiger partial charge >= 0.3 is 0 Å². The molecule has 0 radical (unpaired) electrons. The second-order valence-corrected chi connectivity index (χ2v) is 3.92. The number of aromatic nitrogens is 2. The Hall–Kier alpha value is -1.84. The fourth-order valence-corrected chi connectivity index (χ4v) is 1.41. The van der Waals surface area contributed by atoms with Crippen molar-refractivity contribution in [3.05, 3.63) is 30.4 Å². The van der Waals surface area contributed by atoms with Crippen molar-refractivity contribution in [2.45, 2.75) is 19.8 Å². The van der Waals surface area contributed by atoms with Gasteiger partial charge in [-0.05, 0) is 12.0 Å². The van der Waals surface area contributed by atoms with Gasteiger partial charge in [-0.25, -0.2) is 9.97 Å². The van der Waals surface area contributed by atoms with Gasteiger partial charge in [-0.1, -0.05) is 13.8 Å². The zero-order valence-electron chi connectivity index (χ0n) is 9.69. The van der Waals surface area contributed by atoms with Crippen molar-refractivity contribution in [2.75, 3.05) is 12.4 Å². The average Bonchev–Trinajstić information content (AvgIpc) is 2.81. The molecule has 2 aromatic rings. The fraction of sp³-hybridized carbons (Fsp3) is 0.333. The van der Waals surface area contributed by atoms with Crippen LogP contribution < -0.4 is 5.32 Å². The molecule has 0 unspecified atom stereocenters. The zero-order chi connectivity index (χ0) is 11.5. The molecule has 0 fully saturated rings. The number of rotatable bonds is 3. The van der Waals surface area contributed by atoms with Crippen molar-refractivity contribution < 1.29 is 4.42 Å². The van der Waals surface area contributed by atoms with Crippen molar-refractivity contribution in [1.82, 2.24) is 9.97 Å². The molecular weight excluding hydrogens is 202 g/mol. The van der Waals surface area contributed by atoms with Crippen molar-refractivity contribution in [3.63, 3.8) is 0 Å². The van der Waals surface area contributed by atoms with Crippen LogP contribution in [0, 0.1) is 0 Å². The molecule has 0 atom stereocenters. The van der Waals surface area contributed by atoms with Gasteiger partial charge < -0.3 is 9.73 Å². The molecule has 0 aliphatic carbocycles. The quantitative estimate of drug-likeness (QED) is 0.858. The molecule has 0 aliphatic heterocycles. The molecular formula is C12H15N3O. The van der Waals surface area contributed by atoms with Crippen LogP contribution in [0.1, 0.15) is 25.5 Å². The Balaban J connectivity index is 2.49. The van der Waals surface area contributed by atoms with Crippen LogP contribution in [0.25, 0.3) is 11.4 Å². The second kappa shape index (κ2) is 4.35. The normalized spacial score (nSPS) is 10.8. The molecule has 4 heteroatoms. The lowest BCUT2D eigenvalue weighted by atomic mass is 10.1.